The summed E-state index contributed by atoms with van der Waals surface area (Å²) < 4.78 is 5.51. The van der Waals surface area contributed by atoms with Crippen LogP contribution in [0.1, 0.15) is 34.1 Å². The lowest BCUT2D eigenvalue weighted by molar-refractivity contribution is -0.131. The summed E-state index contributed by atoms with van der Waals surface area (Å²) >= 11 is 0. The number of ether oxygens (including phenoxy) is 1. The molecule has 1 atom stereocenters. The Morgan fingerprint density at radius 1 is 1.50 bits per heavy atom. The highest BCUT2D eigenvalue weighted by molar-refractivity contribution is 5.78. The lowest BCUT2D eigenvalue weighted by Gasteiger charge is -2.25. The molecule has 1 rings (SSSR count). The monoisotopic (exact) mass is 228 g/mol. The fourth-order valence-electron chi connectivity index (χ4n) is 1.67. The third-order valence-corrected chi connectivity index (χ3v) is 2.57. The van der Waals surface area contributed by atoms with E-state index in [-0.39, 0.29) is 17.6 Å². The second kappa shape index (κ2) is 5.64. The van der Waals surface area contributed by atoms with Crippen LogP contribution in [0.15, 0.2) is 0 Å². The molecule has 1 aliphatic rings. The fourth-order valence-corrected chi connectivity index (χ4v) is 1.67. The molecule has 1 fully saturated rings. The van der Waals surface area contributed by atoms with E-state index in [1.807, 2.05) is 11.8 Å². The molecule has 0 radical (unpaired) electrons. The highest BCUT2D eigenvalue weighted by Gasteiger charge is 2.20. The molecule has 0 bridgehead atoms. The van der Waals surface area contributed by atoms with Crippen molar-refractivity contribution in [1.82, 2.24) is 10.2 Å². The van der Waals surface area contributed by atoms with Crippen molar-refractivity contribution in [2.45, 2.75) is 45.8 Å². The van der Waals surface area contributed by atoms with Crippen LogP contribution in [-0.2, 0) is 9.53 Å². The van der Waals surface area contributed by atoms with Gasteiger partial charge in [-0.25, -0.2) is 0 Å². The van der Waals surface area contributed by atoms with Crippen molar-refractivity contribution in [3.05, 3.63) is 0 Å². The Morgan fingerprint density at radius 3 is 2.81 bits per heavy atom. The van der Waals surface area contributed by atoms with E-state index in [4.69, 9.17) is 4.74 Å². The minimum absolute atomic E-state index is 0.0103. The zero-order valence-corrected chi connectivity index (χ0v) is 10.9. The molecule has 0 aliphatic carbocycles. The Morgan fingerprint density at radius 2 is 2.19 bits per heavy atom. The predicted octanol–water partition coefficient (Wildman–Crippen LogP) is 1.01. The standard InChI is InChI=1S/C12H24N2O2/c1-10-9-14(6-5-7-16-10)11(15)8-13-12(2,3)4/h10,13H,5-9H2,1-4H3. The lowest BCUT2D eigenvalue weighted by atomic mass is 10.1. The molecule has 1 saturated heterocycles. The second-order valence-electron chi connectivity index (χ2n) is 5.48. The summed E-state index contributed by atoms with van der Waals surface area (Å²) in [5.74, 6) is 0.173. The van der Waals surface area contributed by atoms with Gasteiger partial charge in [-0.3, -0.25) is 4.79 Å². The smallest absolute Gasteiger partial charge is 0.236 e. The lowest BCUT2D eigenvalue weighted by Crippen LogP contribution is -2.46. The van der Waals surface area contributed by atoms with Gasteiger partial charge in [-0.1, -0.05) is 0 Å². The van der Waals surface area contributed by atoms with Crippen molar-refractivity contribution in [2.24, 2.45) is 0 Å². The normalized spacial score (nSPS) is 23.0. The molecule has 4 heteroatoms. The van der Waals surface area contributed by atoms with E-state index in [2.05, 4.69) is 26.1 Å². The molecule has 0 aromatic carbocycles. The van der Waals surface area contributed by atoms with Crippen molar-refractivity contribution in [1.29, 1.82) is 0 Å². The van der Waals surface area contributed by atoms with Crippen molar-refractivity contribution < 1.29 is 9.53 Å². The quantitative estimate of drug-likeness (QED) is 0.767. The van der Waals surface area contributed by atoms with Gasteiger partial charge in [0.15, 0.2) is 0 Å². The fraction of sp³-hybridized carbons (Fsp3) is 0.917. The van der Waals surface area contributed by atoms with E-state index in [0.29, 0.717) is 13.1 Å². The molecule has 4 nitrogen and oxygen atoms in total. The second-order valence-corrected chi connectivity index (χ2v) is 5.48. The van der Waals surface area contributed by atoms with Crippen LogP contribution >= 0.6 is 0 Å². The minimum Gasteiger partial charge on any atom is -0.377 e. The SMILES string of the molecule is CC1CN(C(=O)CNC(C)(C)C)CCCO1. The average molecular weight is 228 g/mol. The summed E-state index contributed by atoms with van der Waals surface area (Å²) in [4.78, 5) is 13.9. The van der Waals surface area contributed by atoms with Crippen LogP contribution in [0.2, 0.25) is 0 Å². The Labute approximate surface area is 98.3 Å². The molecular formula is C12H24N2O2. The van der Waals surface area contributed by atoms with E-state index in [0.717, 1.165) is 19.6 Å². The number of amides is 1. The highest BCUT2D eigenvalue weighted by Crippen LogP contribution is 2.06. The van der Waals surface area contributed by atoms with E-state index in [9.17, 15) is 4.79 Å². The average Bonchev–Trinajstić information content (AvgIpc) is 2.38. The summed E-state index contributed by atoms with van der Waals surface area (Å²) in [6.07, 6.45) is 1.09. The van der Waals surface area contributed by atoms with Gasteiger partial charge in [0.05, 0.1) is 12.6 Å². The van der Waals surface area contributed by atoms with E-state index in [1.165, 1.54) is 0 Å². The summed E-state index contributed by atoms with van der Waals surface area (Å²) in [7, 11) is 0. The zero-order valence-electron chi connectivity index (χ0n) is 10.9. The Balaban J connectivity index is 2.40. The first-order valence-corrected chi connectivity index (χ1v) is 6.03. The summed E-state index contributed by atoms with van der Waals surface area (Å²) in [5, 5.41) is 3.22. The number of nitrogens with zero attached hydrogens (tertiary/aromatic N) is 1. The highest BCUT2D eigenvalue weighted by atomic mass is 16.5. The molecule has 16 heavy (non-hydrogen) atoms. The van der Waals surface area contributed by atoms with Gasteiger partial charge in [0, 0.05) is 25.2 Å². The number of hydrogen-bond donors (Lipinski definition) is 1. The number of carbonyl (C=O) groups excluding carboxylic acids is 1. The van der Waals surface area contributed by atoms with E-state index in [1.54, 1.807) is 0 Å². The minimum atomic E-state index is -0.0103. The van der Waals surface area contributed by atoms with Gasteiger partial charge in [-0.2, -0.15) is 0 Å². The van der Waals surface area contributed by atoms with Crippen LogP contribution in [0, 0.1) is 0 Å². The molecule has 0 spiro atoms. The van der Waals surface area contributed by atoms with Crippen LogP contribution < -0.4 is 5.32 Å². The van der Waals surface area contributed by atoms with Gasteiger partial charge >= 0.3 is 0 Å². The number of rotatable bonds is 2. The van der Waals surface area contributed by atoms with Crippen LogP contribution in [0.5, 0.6) is 0 Å². The maximum atomic E-state index is 12.0. The first kappa shape index (κ1) is 13.5. The summed E-state index contributed by atoms with van der Waals surface area (Å²) in [6, 6.07) is 0. The van der Waals surface area contributed by atoms with Crippen LogP contribution in [-0.4, -0.2) is 48.7 Å². The first-order chi connectivity index (χ1) is 7.38. The van der Waals surface area contributed by atoms with Gasteiger partial charge in [-0.15, -0.1) is 0 Å². The molecule has 0 saturated carbocycles. The van der Waals surface area contributed by atoms with Gasteiger partial charge in [0.1, 0.15) is 0 Å². The zero-order chi connectivity index (χ0) is 12.2. The number of hydrogen-bond acceptors (Lipinski definition) is 3. The summed E-state index contributed by atoms with van der Waals surface area (Å²) in [5.41, 5.74) is -0.0103. The third-order valence-electron chi connectivity index (χ3n) is 2.57. The molecule has 94 valence electrons. The van der Waals surface area contributed by atoms with Gasteiger partial charge in [0.2, 0.25) is 5.91 Å². The molecule has 1 heterocycles. The molecular weight excluding hydrogens is 204 g/mol. The molecule has 0 aromatic heterocycles. The molecule has 1 aliphatic heterocycles. The van der Waals surface area contributed by atoms with E-state index >= 15 is 0 Å². The number of nitrogens with one attached hydrogen (secondary N) is 1. The summed E-state index contributed by atoms with van der Waals surface area (Å²) in [6.45, 7) is 10.9. The molecule has 1 unspecified atom stereocenters. The molecule has 1 N–H and O–H groups in total. The Bertz CT molecular complexity index is 236. The van der Waals surface area contributed by atoms with E-state index < -0.39 is 0 Å². The topological polar surface area (TPSA) is 41.6 Å². The van der Waals surface area contributed by atoms with Gasteiger partial charge in [-0.05, 0) is 34.1 Å². The number of carbonyl (C=O) groups is 1. The first-order valence-electron chi connectivity index (χ1n) is 6.03. The van der Waals surface area contributed by atoms with Gasteiger partial charge < -0.3 is 15.0 Å². The van der Waals surface area contributed by atoms with Crippen molar-refractivity contribution in [2.75, 3.05) is 26.2 Å². The largest absolute Gasteiger partial charge is 0.377 e. The van der Waals surface area contributed by atoms with Crippen LogP contribution in [0.4, 0.5) is 0 Å². The predicted molar refractivity (Wildman–Crippen MR) is 64.4 cm³/mol. The molecule has 1 amide bonds. The van der Waals surface area contributed by atoms with Crippen molar-refractivity contribution in [3.8, 4) is 0 Å². The van der Waals surface area contributed by atoms with Crippen LogP contribution in [0.25, 0.3) is 0 Å². The van der Waals surface area contributed by atoms with Crippen LogP contribution in [0.3, 0.4) is 0 Å². The van der Waals surface area contributed by atoms with Crippen molar-refractivity contribution in [3.63, 3.8) is 0 Å². The molecule has 0 aromatic rings. The maximum Gasteiger partial charge on any atom is 0.236 e. The maximum absolute atomic E-state index is 12.0. The van der Waals surface area contributed by atoms with Crippen molar-refractivity contribution >= 4 is 5.91 Å². The Kier molecular flexibility index (Phi) is 4.74. The Hall–Kier alpha value is -0.610. The third kappa shape index (κ3) is 4.94. The van der Waals surface area contributed by atoms with Gasteiger partial charge in [0.25, 0.3) is 0 Å².